The highest BCUT2D eigenvalue weighted by Crippen LogP contribution is 2.46. The second-order valence-corrected chi connectivity index (χ2v) is 6.79. The molecule has 2 aliphatic carbocycles. The van der Waals surface area contributed by atoms with Crippen LogP contribution in [0.3, 0.4) is 0 Å². The van der Waals surface area contributed by atoms with Crippen LogP contribution < -0.4 is 0 Å². The zero-order valence-electron chi connectivity index (χ0n) is 10.4. The monoisotopic (exact) mass is 225 g/mol. The second-order valence-electron chi connectivity index (χ2n) is 6.79. The first-order valence-electron chi connectivity index (χ1n) is 7.02. The summed E-state index contributed by atoms with van der Waals surface area (Å²) in [6, 6.07) is 0. The maximum absolute atomic E-state index is 12.7. The third kappa shape index (κ3) is 2.01. The molecule has 16 heavy (non-hydrogen) atoms. The van der Waals surface area contributed by atoms with Crippen LogP contribution in [0.2, 0.25) is 0 Å². The van der Waals surface area contributed by atoms with Crippen LogP contribution in [0, 0.1) is 17.3 Å². The molecule has 3 fully saturated rings. The van der Waals surface area contributed by atoms with Crippen molar-refractivity contribution in [1.82, 2.24) is 4.90 Å². The molecule has 0 bridgehead atoms. The Bertz CT molecular complexity index is 243. The summed E-state index contributed by atoms with van der Waals surface area (Å²) in [6.07, 6.45) is 6.95. The fourth-order valence-electron chi connectivity index (χ4n) is 3.89. The van der Waals surface area contributed by atoms with Gasteiger partial charge in [-0.15, -0.1) is 0 Å². The Morgan fingerprint density at radius 3 is 2.38 bits per heavy atom. The summed E-state index contributed by atoms with van der Waals surface area (Å²) in [6.45, 7) is 6.19. The average molecular weight is 225 g/mol. The summed E-state index contributed by atoms with van der Waals surface area (Å²) in [5.74, 6) is 1.63. The molecule has 1 spiro atoms. The lowest BCUT2D eigenvalue weighted by Gasteiger charge is -2.55. The summed E-state index contributed by atoms with van der Waals surface area (Å²) >= 11 is 0. The van der Waals surface area contributed by atoms with E-state index in [1.807, 2.05) is 0 Å². The summed E-state index contributed by atoms with van der Waals surface area (Å²) in [7, 11) is 0. The van der Waals surface area contributed by atoms with Crippen molar-refractivity contribution in [2.75, 3.05) is 19.6 Å². The third-order valence-corrected chi connectivity index (χ3v) is 5.15. The van der Waals surface area contributed by atoms with Crippen LogP contribution in [0.15, 0.2) is 0 Å². The fourth-order valence-corrected chi connectivity index (χ4v) is 3.89. The van der Waals surface area contributed by atoms with Gasteiger partial charge >= 0.3 is 0 Å². The van der Waals surface area contributed by atoms with Gasteiger partial charge in [-0.2, -0.15) is 0 Å². The SMILES string of the molecule is CC1CCC2(CC1)CN(CC1CC(F)C1)C2. The minimum Gasteiger partial charge on any atom is -0.302 e. The predicted molar refractivity (Wildman–Crippen MR) is 64.1 cm³/mol. The fraction of sp³-hybridized carbons (Fsp3) is 1.00. The molecule has 3 aliphatic rings. The Hall–Kier alpha value is -0.110. The van der Waals surface area contributed by atoms with E-state index in [2.05, 4.69) is 11.8 Å². The van der Waals surface area contributed by atoms with Crippen LogP contribution in [0.4, 0.5) is 4.39 Å². The molecule has 0 unspecified atom stereocenters. The van der Waals surface area contributed by atoms with Crippen molar-refractivity contribution in [2.24, 2.45) is 17.3 Å². The van der Waals surface area contributed by atoms with Crippen LogP contribution in [0.25, 0.3) is 0 Å². The molecule has 0 atom stereocenters. The maximum Gasteiger partial charge on any atom is 0.101 e. The lowest BCUT2D eigenvalue weighted by Crippen LogP contribution is -2.59. The topological polar surface area (TPSA) is 3.24 Å². The molecule has 0 amide bonds. The lowest BCUT2D eigenvalue weighted by atomic mass is 9.66. The molecule has 1 heterocycles. The number of hydrogen-bond donors (Lipinski definition) is 0. The molecule has 0 radical (unpaired) electrons. The Balaban J connectivity index is 1.41. The van der Waals surface area contributed by atoms with Crippen molar-refractivity contribution >= 4 is 0 Å². The molecule has 0 aromatic heterocycles. The van der Waals surface area contributed by atoms with E-state index < -0.39 is 6.17 Å². The average Bonchev–Trinajstić information content (AvgIpc) is 2.16. The molecular formula is C14H24FN. The van der Waals surface area contributed by atoms with Crippen LogP contribution in [-0.2, 0) is 0 Å². The smallest absolute Gasteiger partial charge is 0.101 e. The normalized spacial score (nSPS) is 39.4. The third-order valence-electron chi connectivity index (χ3n) is 5.15. The first-order chi connectivity index (χ1) is 7.65. The highest BCUT2D eigenvalue weighted by Gasteiger charge is 2.45. The van der Waals surface area contributed by atoms with Crippen LogP contribution >= 0.6 is 0 Å². The highest BCUT2D eigenvalue weighted by atomic mass is 19.1. The molecule has 0 N–H and O–H groups in total. The van der Waals surface area contributed by atoms with E-state index in [0.717, 1.165) is 18.8 Å². The van der Waals surface area contributed by atoms with E-state index in [-0.39, 0.29) is 0 Å². The van der Waals surface area contributed by atoms with Crippen molar-refractivity contribution < 1.29 is 4.39 Å². The quantitative estimate of drug-likeness (QED) is 0.697. The second kappa shape index (κ2) is 3.97. The van der Waals surface area contributed by atoms with Gasteiger partial charge in [0.1, 0.15) is 6.17 Å². The van der Waals surface area contributed by atoms with E-state index in [1.165, 1.54) is 45.3 Å². The molecule has 0 aromatic rings. The molecule has 3 rings (SSSR count). The van der Waals surface area contributed by atoms with Gasteiger partial charge in [-0.05, 0) is 42.9 Å². The molecule has 1 saturated heterocycles. The van der Waals surface area contributed by atoms with Gasteiger partial charge in [0.2, 0.25) is 0 Å². The summed E-state index contributed by atoms with van der Waals surface area (Å²) in [5.41, 5.74) is 0.686. The zero-order valence-corrected chi connectivity index (χ0v) is 10.4. The number of nitrogens with zero attached hydrogens (tertiary/aromatic N) is 1. The van der Waals surface area contributed by atoms with Crippen molar-refractivity contribution in [2.45, 2.75) is 51.6 Å². The first kappa shape index (κ1) is 11.0. The van der Waals surface area contributed by atoms with E-state index >= 15 is 0 Å². The zero-order chi connectivity index (χ0) is 11.2. The number of hydrogen-bond acceptors (Lipinski definition) is 1. The van der Waals surface area contributed by atoms with Crippen molar-refractivity contribution in [3.8, 4) is 0 Å². The Morgan fingerprint density at radius 2 is 1.81 bits per heavy atom. The molecule has 92 valence electrons. The van der Waals surface area contributed by atoms with Crippen LogP contribution in [0.5, 0.6) is 0 Å². The highest BCUT2D eigenvalue weighted by molar-refractivity contribution is 4.98. The van der Waals surface area contributed by atoms with Crippen molar-refractivity contribution in [1.29, 1.82) is 0 Å². The predicted octanol–water partition coefficient (Wildman–Crippen LogP) is 3.25. The van der Waals surface area contributed by atoms with Gasteiger partial charge in [-0.1, -0.05) is 19.8 Å². The van der Waals surface area contributed by atoms with Gasteiger partial charge in [0, 0.05) is 19.6 Å². The lowest BCUT2D eigenvalue weighted by molar-refractivity contribution is -0.0565. The molecule has 2 saturated carbocycles. The number of likely N-dealkylation sites (tertiary alicyclic amines) is 1. The van der Waals surface area contributed by atoms with Gasteiger partial charge in [0.25, 0.3) is 0 Å². The van der Waals surface area contributed by atoms with Crippen molar-refractivity contribution in [3.63, 3.8) is 0 Å². The summed E-state index contributed by atoms with van der Waals surface area (Å²) < 4.78 is 12.7. The standard InChI is InChI=1S/C14H24FN/c1-11-2-4-14(5-3-11)9-16(10-14)8-12-6-13(15)7-12/h11-13H,2-10H2,1H3. The number of rotatable bonds is 2. The number of halogens is 1. The van der Waals surface area contributed by atoms with Gasteiger partial charge in [-0.3, -0.25) is 0 Å². The van der Waals surface area contributed by atoms with E-state index in [0.29, 0.717) is 11.3 Å². The minimum atomic E-state index is -0.476. The molecule has 0 aromatic carbocycles. The van der Waals surface area contributed by atoms with Gasteiger partial charge < -0.3 is 4.90 Å². The Kier molecular flexibility index (Phi) is 2.73. The minimum absolute atomic E-state index is 0.476. The first-order valence-corrected chi connectivity index (χ1v) is 7.02. The van der Waals surface area contributed by atoms with Gasteiger partial charge in [0.15, 0.2) is 0 Å². The van der Waals surface area contributed by atoms with E-state index in [4.69, 9.17) is 0 Å². The summed E-state index contributed by atoms with van der Waals surface area (Å²) in [4.78, 5) is 2.58. The summed E-state index contributed by atoms with van der Waals surface area (Å²) in [5, 5.41) is 0. The molecule has 1 aliphatic heterocycles. The Labute approximate surface area is 98.4 Å². The number of alkyl halides is 1. The van der Waals surface area contributed by atoms with E-state index in [9.17, 15) is 4.39 Å². The molecular weight excluding hydrogens is 201 g/mol. The van der Waals surface area contributed by atoms with E-state index in [1.54, 1.807) is 0 Å². The maximum atomic E-state index is 12.7. The Morgan fingerprint density at radius 1 is 1.19 bits per heavy atom. The van der Waals surface area contributed by atoms with Crippen LogP contribution in [-0.4, -0.2) is 30.7 Å². The molecule has 2 heteroatoms. The van der Waals surface area contributed by atoms with Crippen molar-refractivity contribution in [3.05, 3.63) is 0 Å². The molecule has 1 nitrogen and oxygen atoms in total. The van der Waals surface area contributed by atoms with Gasteiger partial charge in [-0.25, -0.2) is 4.39 Å². The van der Waals surface area contributed by atoms with Gasteiger partial charge in [0.05, 0.1) is 0 Å². The van der Waals surface area contributed by atoms with Crippen LogP contribution in [0.1, 0.15) is 45.4 Å². The largest absolute Gasteiger partial charge is 0.302 e.